The van der Waals surface area contributed by atoms with Crippen molar-refractivity contribution in [2.24, 2.45) is 0 Å². The molecule has 1 aliphatic rings. The summed E-state index contributed by atoms with van der Waals surface area (Å²) in [5, 5.41) is 22.1. The summed E-state index contributed by atoms with van der Waals surface area (Å²) >= 11 is 0. The van der Waals surface area contributed by atoms with Crippen molar-refractivity contribution in [1.82, 2.24) is 0 Å². The zero-order chi connectivity index (χ0) is 23.8. The third-order valence-electron chi connectivity index (χ3n) is 5.57. The number of rotatable bonds is 6. The van der Waals surface area contributed by atoms with E-state index in [1.54, 1.807) is 30.3 Å². The average molecular weight is 459 g/mol. The first-order valence-corrected chi connectivity index (χ1v) is 10.00. The molecule has 6 nitrogen and oxygen atoms in total. The molecule has 4 rings (SSSR count). The smallest absolute Gasteiger partial charge is 0.504 e. The molecule has 9 heteroatoms. The van der Waals surface area contributed by atoms with Gasteiger partial charge < -0.3 is 25.0 Å². The standard InChI is InChI=1S/C24H20F3NO5/c1-32-20-5-3-2-4-16(20)17-13-15(7-9-21(17)33-24(25,26)27)28-22(31)23(10-11-23)14-6-8-18(29)19(30)12-14/h2-9,12-13,29-30H,10-11H2,1H3,(H,28,31). The zero-order valence-electron chi connectivity index (χ0n) is 17.4. The third kappa shape index (κ3) is 4.52. The summed E-state index contributed by atoms with van der Waals surface area (Å²) in [6.45, 7) is 0. The van der Waals surface area contributed by atoms with Gasteiger partial charge in [-0.3, -0.25) is 4.79 Å². The summed E-state index contributed by atoms with van der Waals surface area (Å²) in [5.41, 5.74) is 0.369. The summed E-state index contributed by atoms with van der Waals surface area (Å²) in [4.78, 5) is 13.1. The first-order chi connectivity index (χ1) is 15.6. The number of aromatic hydroxyl groups is 2. The highest BCUT2D eigenvalue weighted by Gasteiger charge is 2.51. The second-order valence-electron chi connectivity index (χ2n) is 7.70. The average Bonchev–Trinajstić information content (AvgIpc) is 3.58. The number of phenolic OH excluding ortho intramolecular Hbond substituents is 2. The number of para-hydroxylation sites is 1. The summed E-state index contributed by atoms with van der Waals surface area (Å²) in [6, 6.07) is 14.6. The molecule has 3 aromatic rings. The van der Waals surface area contributed by atoms with E-state index in [1.807, 2.05) is 0 Å². The van der Waals surface area contributed by atoms with E-state index in [2.05, 4.69) is 10.1 Å². The van der Waals surface area contributed by atoms with Crippen molar-refractivity contribution in [2.75, 3.05) is 12.4 Å². The fraction of sp³-hybridized carbons (Fsp3) is 0.208. The molecule has 1 aliphatic carbocycles. The van der Waals surface area contributed by atoms with Crippen molar-refractivity contribution in [3.63, 3.8) is 0 Å². The Hall–Kier alpha value is -3.88. The van der Waals surface area contributed by atoms with Gasteiger partial charge in [0.1, 0.15) is 11.5 Å². The Labute approximate surface area is 187 Å². The maximum atomic E-state index is 13.1. The van der Waals surface area contributed by atoms with E-state index in [-0.39, 0.29) is 28.7 Å². The largest absolute Gasteiger partial charge is 0.573 e. The Bertz CT molecular complexity index is 1200. The number of anilines is 1. The van der Waals surface area contributed by atoms with Crippen LogP contribution in [0, 0.1) is 0 Å². The number of carbonyl (C=O) groups excluding carboxylic acids is 1. The maximum Gasteiger partial charge on any atom is 0.573 e. The van der Waals surface area contributed by atoms with Crippen LogP contribution in [0.3, 0.4) is 0 Å². The number of halogens is 3. The molecule has 0 heterocycles. The second kappa shape index (κ2) is 8.23. The van der Waals surface area contributed by atoms with Crippen LogP contribution in [-0.4, -0.2) is 29.6 Å². The molecule has 0 radical (unpaired) electrons. The molecular formula is C24H20F3NO5. The fourth-order valence-corrected chi connectivity index (χ4v) is 3.74. The number of hydrogen-bond acceptors (Lipinski definition) is 5. The zero-order valence-corrected chi connectivity index (χ0v) is 17.4. The van der Waals surface area contributed by atoms with Crippen LogP contribution in [0.1, 0.15) is 18.4 Å². The van der Waals surface area contributed by atoms with E-state index >= 15 is 0 Å². The summed E-state index contributed by atoms with van der Waals surface area (Å²) < 4.78 is 48.4. The van der Waals surface area contributed by atoms with E-state index in [4.69, 9.17) is 4.74 Å². The van der Waals surface area contributed by atoms with Gasteiger partial charge >= 0.3 is 6.36 Å². The van der Waals surface area contributed by atoms with Gasteiger partial charge in [-0.05, 0) is 54.8 Å². The van der Waals surface area contributed by atoms with Crippen molar-refractivity contribution >= 4 is 11.6 Å². The van der Waals surface area contributed by atoms with Gasteiger partial charge in [-0.25, -0.2) is 0 Å². The Morgan fingerprint density at radius 1 is 0.939 bits per heavy atom. The summed E-state index contributed by atoms with van der Waals surface area (Å²) in [7, 11) is 1.40. The number of phenols is 2. The molecule has 33 heavy (non-hydrogen) atoms. The molecule has 1 saturated carbocycles. The van der Waals surface area contributed by atoms with Crippen LogP contribution in [0.25, 0.3) is 11.1 Å². The van der Waals surface area contributed by atoms with E-state index in [0.29, 0.717) is 29.7 Å². The lowest BCUT2D eigenvalue weighted by Gasteiger charge is -2.19. The number of carbonyl (C=O) groups is 1. The van der Waals surface area contributed by atoms with Crippen LogP contribution in [-0.2, 0) is 10.2 Å². The molecular weight excluding hydrogens is 439 g/mol. The lowest BCUT2D eigenvalue weighted by molar-refractivity contribution is -0.274. The van der Waals surface area contributed by atoms with Crippen LogP contribution >= 0.6 is 0 Å². The van der Waals surface area contributed by atoms with Crippen molar-refractivity contribution in [3.05, 3.63) is 66.2 Å². The monoisotopic (exact) mass is 459 g/mol. The third-order valence-corrected chi connectivity index (χ3v) is 5.57. The quantitative estimate of drug-likeness (QED) is 0.433. The molecule has 0 aromatic heterocycles. The van der Waals surface area contributed by atoms with Crippen molar-refractivity contribution < 1.29 is 37.7 Å². The van der Waals surface area contributed by atoms with Gasteiger partial charge in [-0.1, -0.05) is 24.3 Å². The first kappa shape index (κ1) is 22.3. The van der Waals surface area contributed by atoms with Crippen molar-refractivity contribution in [2.45, 2.75) is 24.6 Å². The molecule has 3 N–H and O–H groups in total. The molecule has 0 saturated heterocycles. The van der Waals surface area contributed by atoms with Crippen LogP contribution in [0.4, 0.5) is 18.9 Å². The van der Waals surface area contributed by atoms with Gasteiger partial charge in [-0.2, -0.15) is 0 Å². The lowest BCUT2D eigenvalue weighted by Crippen LogP contribution is -2.27. The number of methoxy groups -OCH3 is 1. The minimum absolute atomic E-state index is 0.0923. The normalized spacial score (nSPS) is 14.4. The van der Waals surface area contributed by atoms with E-state index < -0.39 is 17.5 Å². The SMILES string of the molecule is COc1ccccc1-c1cc(NC(=O)C2(c3ccc(O)c(O)c3)CC2)ccc1OC(F)(F)F. The number of alkyl halides is 3. The maximum absolute atomic E-state index is 13.1. The molecule has 0 bridgehead atoms. The van der Waals surface area contributed by atoms with E-state index in [9.17, 15) is 28.2 Å². The summed E-state index contributed by atoms with van der Waals surface area (Å²) in [5.74, 6) is -1.10. The first-order valence-electron chi connectivity index (χ1n) is 10.00. The minimum atomic E-state index is -4.90. The highest BCUT2D eigenvalue weighted by molar-refractivity contribution is 6.02. The number of amides is 1. The number of nitrogens with one attached hydrogen (secondary N) is 1. The molecule has 3 aromatic carbocycles. The molecule has 1 amide bonds. The van der Waals surface area contributed by atoms with Gasteiger partial charge in [0.15, 0.2) is 11.5 Å². The van der Waals surface area contributed by atoms with Gasteiger partial charge in [-0.15, -0.1) is 13.2 Å². The highest BCUT2D eigenvalue weighted by Crippen LogP contribution is 2.50. The molecule has 1 fully saturated rings. The van der Waals surface area contributed by atoms with E-state index in [1.165, 1.54) is 31.4 Å². The van der Waals surface area contributed by atoms with Gasteiger partial charge in [0.25, 0.3) is 0 Å². The molecule has 0 spiro atoms. The molecule has 0 unspecified atom stereocenters. The molecule has 172 valence electrons. The van der Waals surface area contributed by atoms with Crippen LogP contribution in [0.2, 0.25) is 0 Å². The second-order valence-corrected chi connectivity index (χ2v) is 7.70. The van der Waals surface area contributed by atoms with Crippen LogP contribution < -0.4 is 14.8 Å². The minimum Gasteiger partial charge on any atom is -0.504 e. The molecule has 0 atom stereocenters. The predicted octanol–water partition coefficient (Wildman–Crippen LogP) is 5.34. The van der Waals surface area contributed by atoms with Crippen molar-refractivity contribution in [3.8, 4) is 34.1 Å². The number of hydrogen-bond donors (Lipinski definition) is 3. The number of ether oxygens (including phenoxy) is 2. The van der Waals surface area contributed by atoms with Crippen LogP contribution in [0.15, 0.2) is 60.7 Å². The van der Waals surface area contributed by atoms with Crippen molar-refractivity contribution in [1.29, 1.82) is 0 Å². The molecule has 0 aliphatic heterocycles. The Morgan fingerprint density at radius 3 is 2.30 bits per heavy atom. The van der Waals surface area contributed by atoms with Gasteiger partial charge in [0.2, 0.25) is 5.91 Å². The summed E-state index contributed by atoms with van der Waals surface area (Å²) in [6.07, 6.45) is -3.85. The van der Waals surface area contributed by atoms with E-state index in [0.717, 1.165) is 6.07 Å². The Morgan fingerprint density at radius 2 is 1.67 bits per heavy atom. The fourth-order valence-electron chi connectivity index (χ4n) is 3.74. The lowest BCUT2D eigenvalue weighted by atomic mass is 9.94. The Kier molecular flexibility index (Phi) is 5.57. The topological polar surface area (TPSA) is 88.0 Å². The van der Waals surface area contributed by atoms with Crippen LogP contribution in [0.5, 0.6) is 23.0 Å². The highest BCUT2D eigenvalue weighted by atomic mass is 19.4. The number of benzene rings is 3. The predicted molar refractivity (Wildman–Crippen MR) is 114 cm³/mol. The van der Waals surface area contributed by atoms with Gasteiger partial charge in [0, 0.05) is 16.8 Å². The Balaban J connectivity index is 1.69. The van der Waals surface area contributed by atoms with Gasteiger partial charge in [0.05, 0.1) is 12.5 Å².